The molecule has 1 unspecified atom stereocenters. The van der Waals surface area contributed by atoms with Crippen molar-refractivity contribution in [2.45, 2.75) is 50.4 Å². The molecule has 0 aliphatic carbocycles. The Kier molecular flexibility index (Phi) is 7.51. The monoisotopic (exact) mass is 416 g/mol. The van der Waals surface area contributed by atoms with Gasteiger partial charge in [-0.25, -0.2) is 4.79 Å². The molecule has 6 nitrogen and oxygen atoms in total. The lowest BCUT2D eigenvalue weighted by Gasteiger charge is -2.50. The third kappa shape index (κ3) is 6.09. The number of halogens is 3. The number of benzene rings is 1. The minimum absolute atomic E-state index is 0.0695. The fourth-order valence-corrected chi connectivity index (χ4v) is 3.98. The van der Waals surface area contributed by atoms with Gasteiger partial charge in [0.1, 0.15) is 5.75 Å². The lowest BCUT2D eigenvalue weighted by molar-refractivity contribution is -0.192. The van der Waals surface area contributed by atoms with Gasteiger partial charge in [0.25, 0.3) is 0 Å². The molecule has 2 heterocycles. The van der Waals surface area contributed by atoms with Gasteiger partial charge >= 0.3 is 12.1 Å². The van der Waals surface area contributed by atoms with Crippen molar-refractivity contribution in [3.8, 4) is 5.75 Å². The van der Waals surface area contributed by atoms with Crippen LogP contribution < -0.4 is 4.74 Å². The smallest absolute Gasteiger partial charge is 0.490 e. The second kappa shape index (κ2) is 9.47. The van der Waals surface area contributed by atoms with Crippen LogP contribution in [0.2, 0.25) is 0 Å². The lowest BCUT2D eigenvalue weighted by atomic mass is 9.80. The van der Waals surface area contributed by atoms with Crippen molar-refractivity contribution in [1.29, 1.82) is 0 Å². The highest BCUT2D eigenvalue weighted by molar-refractivity contribution is 5.77. The summed E-state index contributed by atoms with van der Waals surface area (Å²) in [6.45, 7) is 3.07. The van der Waals surface area contributed by atoms with Gasteiger partial charge in [-0.15, -0.1) is 0 Å². The zero-order valence-electron chi connectivity index (χ0n) is 16.7. The van der Waals surface area contributed by atoms with Crippen molar-refractivity contribution < 1.29 is 32.6 Å². The van der Waals surface area contributed by atoms with Crippen LogP contribution in [0.3, 0.4) is 0 Å². The van der Waals surface area contributed by atoms with Crippen LogP contribution in [0, 0.1) is 0 Å². The highest BCUT2D eigenvalue weighted by Crippen LogP contribution is 2.36. The highest BCUT2D eigenvalue weighted by atomic mass is 19.4. The molecule has 0 saturated carbocycles. The Morgan fingerprint density at radius 2 is 1.79 bits per heavy atom. The normalized spacial score (nSPS) is 22.8. The maximum atomic E-state index is 12.1. The number of piperidine rings is 2. The third-order valence-electron chi connectivity index (χ3n) is 5.56. The molecule has 2 aliphatic heterocycles. The fourth-order valence-electron chi connectivity index (χ4n) is 3.98. The van der Waals surface area contributed by atoms with E-state index < -0.39 is 12.1 Å². The van der Waals surface area contributed by atoms with Crippen molar-refractivity contribution in [2.24, 2.45) is 0 Å². The van der Waals surface area contributed by atoms with Gasteiger partial charge in [-0.1, -0.05) is 12.1 Å². The number of carbonyl (C=O) groups excluding carboxylic acids is 1. The first-order valence-electron chi connectivity index (χ1n) is 9.49. The van der Waals surface area contributed by atoms with Crippen LogP contribution in [-0.2, 0) is 16.1 Å². The molecular formula is C20H27F3N2O4. The molecule has 162 valence electrons. The van der Waals surface area contributed by atoms with Gasteiger partial charge < -0.3 is 14.7 Å². The predicted molar refractivity (Wildman–Crippen MR) is 101 cm³/mol. The van der Waals surface area contributed by atoms with Crippen LogP contribution >= 0.6 is 0 Å². The molecule has 1 spiro atoms. The predicted octanol–water partition coefficient (Wildman–Crippen LogP) is 3.31. The number of aliphatic carboxylic acids is 1. The lowest BCUT2D eigenvalue weighted by Crippen LogP contribution is -2.60. The van der Waals surface area contributed by atoms with Crippen LogP contribution in [0.15, 0.2) is 24.3 Å². The molecule has 1 N–H and O–H groups in total. The molecule has 1 aromatic carbocycles. The van der Waals surface area contributed by atoms with Crippen LogP contribution in [0.25, 0.3) is 0 Å². The Hall–Kier alpha value is -2.29. The molecule has 0 aromatic heterocycles. The number of alkyl halides is 3. The van der Waals surface area contributed by atoms with Gasteiger partial charge in [0.05, 0.1) is 12.6 Å². The number of methoxy groups -OCH3 is 1. The summed E-state index contributed by atoms with van der Waals surface area (Å²) in [5.74, 6) is -1.54. The van der Waals surface area contributed by atoms with Gasteiger partial charge in [0.2, 0.25) is 5.91 Å². The molecule has 3 rings (SSSR count). The molecule has 1 amide bonds. The van der Waals surface area contributed by atoms with Gasteiger partial charge in [-0.2, -0.15) is 13.2 Å². The first kappa shape index (κ1) is 23.0. The van der Waals surface area contributed by atoms with Crippen LogP contribution in [0.1, 0.15) is 37.7 Å². The summed E-state index contributed by atoms with van der Waals surface area (Å²) in [6.07, 6.45) is 0.146. The van der Waals surface area contributed by atoms with Crippen LogP contribution in [0.5, 0.6) is 5.75 Å². The zero-order valence-corrected chi connectivity index (χ0v) is 16.7. The second-order valence-corrected chi connectivity index (χ2v) is 7.50. The Morgan fingerprint density at radius 3 is 2.34 bits per heavy atom. The molecule has 0 radical (unpaired) electrons. The van der Waals surface area contributed by atoms with E-state index in [1.54, 1.807) is 7.11 Å². The summed E-state index contributed by atoms with van der Waals surface area (Å²) in [4.78, 5) is 25.5. The molecule has 29 heavy (non-hydrogen) atoms. The minimum atomic E-state index is -5.08. The number of carbonyl (C=O) groups is 2. The Bertz CT molecular complexity index is 705. The van der Waals surface area contributed by atoms with E-state index >= 15 is 0 Å². The average molecular weight is 416 g/mol. The number of hydrogen-bond acceptors (Lipinski definition) is 4. The van der Waals surface area contributed by atoms with E-state index in [1.165, 1.54) is 12.0 Å². The molecule has 1 aromatic rings. The molecule has 9 heteroatoms. The number of rotatable bonds is 3. The number of likely N-dealkylation sites (N-methyl/N-ethyl adjacent to an activating group) is 1. The Morgan fingerprint density at radius 1 is 1.21 bits per heavy atom. The van der Waals surface area contributed by atoms with Crippen molar-refractivity contribution in [3.05, 3.63) is 29.8 Å². The van der Waals surface area contributed by atoms with Crippen LogP contribution in [0.4, 0.5) is 13.2 Å². The summed E-state index contributed by atoms with van der Waals surface area (Å²) < 4.78 is 37.0. The first-order chi connectivity index (χ1) is 13.6. The van der Waals surface area contributed by atoms with Crippen molar-refractivity contribution in [1.82, 2.24) is 9.80 Å². The first-order valence-corrected chi connectivity index (χ1v) is 9.49. The van der Waals surface area contributed by atoms with Gasteiger partial charge in [0, 0.05) is 26.6 Å². The maximum absolute atomic E-state index is 12.1. The van der Waals surface area contributed by atoms with E-state index in [9.17, 15) is 18.0 Å². The molecule has 2 aliphatic rings. The van der Waals surface area contributed by atoms with Gasteiger partial charge in [0.15, 0.2) is 0 Å². The number of hydrogen-bond donors (Lipinski definition) is 1. The second-order valence-electron chi connectivity index (χ2n) is 7.50. The Labute approximate surface area is 168 Å². The van der Waals surface area contributed by atoms with E-state index in [-0.39, 0.29) is 5.54 Å². The maximum Gasteiger partial charge on any atom is 0.490 e. The van der Waals surface area contributed by atoms with E-state index in [4.69, 9.17) is 14.6 Å². The zero-order chi connectivity index (χ0) is 21.7. The molecule has 2 fully saturated rings. The molecular weight excluding hydrogens is 389 g/mol. The summed E-state index contributed by atoms with van der Waals surface area (Å²) in [5.41, 5.74) is 1.38. The standard InChI is InChI=1S/C18H26N2O2.C2HF3O2/c1-19-17(21)5-3-10-18(19)11-4-12-20(14-18)13-15-6-8-16(22-2)9-7-15;3-2(4,5)1(6)7/h6-9H,3-5,10-14H2,1-2H3;(H,6,7). The summed E-state index contributed by atoms with van der Waals surface area (Å²) in [7, 11) is 3.69. The summed E-state index contributed by atoms with van der Waals surface area (Å²) in [6, 6.07) is 8.31. The molecule has 2 saturated heterocycles. The molecule has 0 bridgehead atoms. The van der Waals surface area contributed by atoms with E-state index in [0.29, 0.717) is 5.91 Å². The quantitative estimate of drug-likeness (QED) is 0.819. The largest absolute Gasteiger partial charge is 0.497 e. The fraction of sp³-hybridized carbons (Fsp3) is 0.600. The summed E-state index contributed by atoms with van der Waals surface area (Å²) >= 11 is 0. The summed E-state index contributed by atoms with van der Waals surface area (Å²) in [5, 5.41) is 7.12. The van der Waals surface area contributed by atoms with Crippen molar-refractivity contribution in [2.75, 3.05) is 27.2 Å². The average Bonchev–Trinajstić information content (AvgIpc) is 2.67. The van der Waals surface area contributed by atoms with E-state index in [2.05, 4.69) is 17.0 Å². The van der Waals surface area contributed by atoms with Gasteiger partial charge in [-0.05, 0) is 49.9 Å². The SMILES string of the molecule is COc1ccc(CN2CCCC3(CCCC(=O)N3C)C2)cc1.O=C(O)C(F)(F)F. The van der Waals surface area contributed by atoms with E-state index in [0.717, 1.165) is 51.1 Å². The number of carboxylic acids is 1. The minimum Gasteiger partial charge on any atom is -0.497 e. The number of ether oxygens (including phenoxy) is 1. The topological polar surface area (TPSA) is 70.1 Å². The van der Waals surface area contributed by atoms with Crippen LogP contribution in [-0.4, -0.2) is 65.7 Å². The number of amides is 1. The Balaban J connectivity index is 0.000000370. The number of carboxylic acid groups (broad SMARTS) is 1. The van der Waals surface area contributed by atoms with Crippen molar-refractivity contribution >= 4 is 11.9 Å². The molecule has 1 atom stereocenters. The van der Waals surface area contributed by atoms with E-state index in [1.807, 2.05) is 24.1 Å². The third-order valence-corrected chi connectivity index (χ3v) is 5.56. The number of likely N-dealkylation sites (tertiary alicyclic amines) is 2. The van der Waals surface area contributed by atoms with Crippen molar-refractivity contribution in [3.63, 3.8) is 0 Å². The van der Waals surface area contributed by atoms with Gasteiger partial charge in [-0.3, -0.25) is 9.69 Å². The highest BCUT2D eigenvalue weighted by Gasteiger charge is 2.43. The number of nitrogens with zero attached hydrogens (tertiary/aromatic N) is 2.